The van der Waals surface area contributed by atoms with E-state index in [-0.39, 0.29) is 0 Å². The van der Waals surface area contributed by atoms with Crippen molar-refractivity contribution in [3.8, 4) is 0 Å². The van der Waals surface area contributed by atoms with Crippen molar-refractivity contribution in [3.63, 3.8) is 0 Å². The van der Waals surface area contributed by atoms with E-state index in [0.29, 0.717) is 5.88 Å². The molecule has 0 unspecified atom stereocenters. The fourth-order valence-electron chi connectivity index (χ4n) is 2.08. The van der Waals surface area contributed by atoms with E-state index in [1.807, 2.05) is 0 Å². The second-order valence-electron chi connectivity index (χ2n) is 4.31. The summed E-state index contributed by atoms with van der Waals surface area (Å²) in [6.45, 7) is 4.72. The standard InChI is InChI=1S/C13H19ClN2/c14-11-12-3-5-13(6-4-12)15-7-10-16-8-1-2-9-16/h3-6,15H,1-2,7-11H2. The topological polar surface area (TPSA) is 15.3 Å². The van der Waals surface area contributed by atoms with Crippen molar-refractivity contribution in [3.05, 3.63) is 29.8 Å². The van der Waals surface area contributed by atoms with Crippen LogP contribution in [0.3, 0.4) is 0 Å². The molecular formula is C13H19ClN2. The highest BCUT2D eigenvalue weighted by Crippen LogP contribution is 2.11. The largest absolute Gasteiger partial charge is 0.384 e. The van der Waals surface area contributed by atoms with Crippen LogP contribution in [0.5, 0.6) is 0 Å². The minimum atomic E-state index is 0.591. The number of anilines is 1. The van der Waals surface area contributed by atoms with Gasteiger partial charge in [0.1, 0.15) is 0 Å². The van der Waals surface area contributed by atoms with Crippen LogP contribution in [0.4, 0.5) is 5.69 Å². The average Bonchev–Trinajstić information content (AvgIpc) is 2.83. The van der Waals surface area contributed by atoms with Crippen molar-refractivity contribution in [1.82, 2.24) is 4.90 Å². The lowest BCUT2D eigenvalue weighted by Gasteiger charge is -2.15. The van der Waals surface area contributed by atoms with Gasteiger partial charge in [-0.3, -0.25) is 0 Å². The molecule has 0 aromatic heterocycles. The van der Waals surface area contributed by atoms with Gasteiger partial charge < -0.3 is 10.2 Å². The Hall–Kier alpha value is -0.730. The van der Waals surface area contributed by atoms with Crippen LogP contribution in [0, 0.1) is 0 Å². The Morgan fingerprint density at radius 3 is 2.44 bits per heavy atom. The summed E-state index contributed by atoms with van der Waals surface area (Å²) in [5, 5.41) is 3.44. The Balaban J connectivity index is 1.71. The number of alkyl halides is 1. The summed E-state index contributed by atoms with van der Waals surface area (Å²) < 4.78 is 0. The smallest absolute Gasteiger partial charge is 0.0474 e. The zero-order valence-corrected chi connectivity index (χ0v) is 10.3. The summed E-state index contributed by atoms with van der Waals surface area (Å²) in [7, 11) is 0. The highest BCUT2D eigenvalue weighted by atomic mass is 35.5. The summed E-state index contributed by atoms with van der Waals surface area (Å²) >= 11 is 5.74. The molecule has 1 aliphatic heterocycles. The van der Waals surface area contributed by atoms with Gasteiger partial charge in [-0.05, 0) is 43.6 Å². The zero-order chi connectivity index (χ0) is 11.2. The van der Waals surface area contributed by atoms with Gasteiger partial charge in [-0.1, -0.05) is 12.1 Å². The summed E-state index contributed by atoms with van der Waals surface area (Å²) in [4.78, 5) is 2.51. The second-order valence-corrected chi connectivity index (χ2v) is 4.57. The number of benzene rings is 1. The molecular weight excluding hydrogens is 220 g/mol. The van der Waals surface area contributed by atoms with Gasteiger partial charge in [0, 0.05) is 24.7 Å². The molecule has 3 heteroatoms. The van der Waals surface area contributed by atoms with Gasteiger partial charge in [0.2, 0.25) is 0 Å². The van der Waals surface area contributed by atoms with Crippen LogP contribution in [0.25, 0.3) is 0 Å². The lowest BCUT2D eigenvalue weighted by Crippen LogP contribution is -2.25. The molecule has 1 heterocycles. The Morgan fingerprint density at radius 1 is 1.12 bits per heavy atom. The summed E-state index contributed by atoms with van der Waals surface area (Å²) in [6.07, 6.45) is 2.73. The van der Waals surface area contributed by atoms with Crippen LogP contribution in [0.1, 0.15) is 18.4 Å². The Labute approximate surface area is 103 Å². The number of nitrogens with zero attached hydrogens (tertiary/aromatic N) is 1. The van der Waals surface area contributed by atoms with Crippen LogP contribution in [-0.4, -0.2) is 31.1 Å². The quantitative estimate of drug-likeness (QED) is 0.794. The number of nitrogens with one attached hydrogen (secondary N) is 1. The van der Waals surface area contributed by atoms with Crippen molar-refractivity contribution < 1.29 is 0 Å². The maximum absolute atomic E-state index is 5.74. The Bertz CT molecular complexity index is 304. The molecule has 16 heavy (non-hydrogen) atoms. The van der Waals surface area contributed by atoms with Crippen LogP contribution < -0.4 is 5.32 Å². The molecule has 0 radical (unpaired) electrons. The van der Waals surface area contributed by atoms with Crippen LogP contribution in [-0.2, 0) is 5.88 Å². The molecule has 1 aromatic rings. The van der Waals surface area contributed by atoms with Gasteiger partial charge in [-0.15, -0.1) is 11.6 Å². The predicted octanol–water partition coefficient (Wildman–Crippen LogP) is 2.93. The number of rotatable bonds is 5. The van der Waals surface area contributed by atoms with Crippen molar-refractivity contribution >= 4 is 17.3 Å². The summed E-state index contributed by atoms with van der Waals surface area (Å²) in [6, 6.07) is 8.35. The van der Waals surface area contributed by atoms with Crippen molar-refractivity contribution in [2.75, 3.05) is 31.5 Å². The van der Waals surface area contributed by atoms with Gasteiger partial charge in [-0.2, -0.15) is 0 Å². The molecule has 1 aliphatic rings. The molecule has 1 saturated heterocycles. The lowest BCUT2D eigenvalue weighted by atomic mass is 10.2. The van der Waals surface area contributed by atoms with Crippen molar-refractivity contribution in [2.45, 2.75) is 18.7 Å². The Morgan fingerprint density at radius 2 is 1.81 bits per heavy atom. The number of halogens is 1. The minimum absolute atomic E-state index is 0.591. The predicted molar refractivity (Wildman–Crippen MR) is 70.2 cm³/mol. The monoisotopic (exact) mass is 238 g/mol. The molecule has 0 amide bonds. The van der Waals surface area contributed by atoms with E-state index in [4.69, 9.17) is 11.6 Å². The molecule has 1 N–H and O–H groups in total. The van der Waals surface area contributed by atoms with E-state index in [9.17, 15) is 0 Å². The van der Waals surface area contributed by atoms with E-state index in [2.05, 4.69) is 34.5 Å². The van der Waals surface area contributed by atoms with Crippen molar-refractivity contribution in [1.29, 1.82) is 0 Å². The number of likely N-dealkylation sites (tertiary alicyclic amines) is 1. The number of hydrogen-bond donors (Lipinski definition) is 1. The SMILES string of the molecule is ClCc1ccc(NCCN2CCCC2)cc1. The maximum atomic E-state index is 5.74. The van der Waals surface area contributed by atoms with E-state index >= 15 is 0 Å². The third-order valence-electron chi connectivity index (χ3n) is 3.06. The molecule has 0 saturated carbocycles. The molecule has 2 nitrogen and oxygen atoms in total. The molecule has 0 spiro atoms. The van der Waals surface area contributed by atoms with Gasteiger partial charge in [-0.25, -0.2) is 0 Å². The minimum Gasteiger partial charge on any atom is -0.384 e. The van der Waals surface area contributed by atoms with E-state index in [1.165, 1.54) is 37.2 Å². The maximum Gasteiger partial charge on any atom is 0.0474 e. The fourth-order valence-corrected chi connectivity index (χ4v) is 2.25. The van der Waals surface area contributed by atoms with Gasteiger partial charge in [0.05, 0.1) is 0 Å². The molecule has 0 atom stereocenters. The first-order chi connectivity index (χ1) is 7.88. The molecule has 0 aliphatic carbocycles. The highest BCUT2D eigenvalue weighted by molar-refractivity contribution is 6.17. The second kappa shape index (κ2) is 6.12. The van der Waals surface area contributed by atoms with Crippen molar-refractivity contribution in [2.24, 2.45) is 0 Å². The van der Waals surface area contributed by atoms with Crippen LogP contribution in [0.15, 0.2) is 24.3 Å². The molecule has 88 valence electrons. The zero-order valence-electron chi connectivity index (χ0n) is 9.58. The number of hydrogen-bond acceptors (Lipinski definition) is 2. The molecule has 0 bridgehead atoms. The Kier molecular flexibility index (Phi) is 4.49. The lowest BCUT2D eigenvalue weighted by molar-refractivity contribution is 0.352. The van der Waals surface area contributed by atoms with E-state index in [0.717, 1.165) is 13.1 Å². The van der Waals surface area contributed by atoms with Gasteiger partial charge in [0.25, 0.3) is 0 Å². The highest BCUT2D eigenvalue weighted by Gasteiger charge is 2.09. The molecule has 1 aromatic carbocycles. The van der Waals surface area contributed by atoms with Gasteiger partial charge in [0.15, 0.2) is 0 Å². The fraction of sp³-hybridized carbons (Fsp3) is 0.538. The van der Waals surface area contributed by atoms with Crippen LogP contribution >= 0.6 is 11.6 Å². The first-order valence-electron chi connectivity index (χ1n) is 5.99. The first kappa shape index (κ1) is 11.7. The first-order valence-corrected chi connectivity index (χ1v) is 6.53. The van der Waals surface area contributed by atoms with E-state index < -0.39 is 0 Å². The summed E-state index contributed by atoms with van der Waals surface area (Å²) in [5.41, 5.74) is 2.36. The normalized spacial score (nSPS) is 16.6. The van der Waals surface area contributed by atoms with Crippen LogP contribution in [0.2, 0.25) is 0 Å². The van der Waals surface area contributed by atoms with E-state index in [1.54, 1.807) is 0 Å². The molecule has 2 rings (SSSR count). The third kappa shape index (κ3) is 3.39. The molecule has 1 fully saturated rings. The summed E-state index contributed by atoms with van der Waals surface area (Å²) in [5.74, 6) is 0.591. The van der Waals surface area contributed by atoms with Gasteiger partial charge >= 0.3 is 0 Å². The third-order valence-corrected chi connectivity index (χ3v) is 3.37. The average molecular weight is 239 g/mol.